The third kappa shape index (κ3) is 2.81. The Morgan fingerprint density at radius 3 is 2.94 bits per heavy atom. The van der Waals surface area contributed by atoms with Crippen molar-refractivity contribution in [3.05, 3.63) is 16.5 Å². The topological polar surface area (TPSA) is 72.6 Å². The second-order valence-corrected chi connectivity index (χ2v) is 7.53. The maximum Gasteiger partial charge on any atom is 0.252 e. The van der Waals surface area contributed by atoms with Gasteiger partial charge in [0.15, 0.2) is 0 Å². The molecule has 0 unspecified atom stereocenters. The number of rotatable bonds is 3. The molecule has 96 valence electrons. The minimum Gasteiger partial charge on any atom is -0.374 e. The van der Waals surface area contributed by atoms with E-state index in [2.05, 4.69) is 0 Å². The first-order valence-electron chi connectivity index (χ1n) is 5.11. The average molecular weight is 297 g/mol. The van der Waals surface area contributed by atoms with Crippen molar-refractivity contribution in [1.29, 1.82) is 0 Å². The first kappa shape index (κ1) is 13.3. The van der Waals surface area contributed by atoms with Crippen LogP contribution in [0, 0.1) is 0 Å². The molecule has 1 aliphatic heterocycles. The van der Waals surface area contributed by atoms with Crippen LogP contribution in [0.25, 0.3) is 0 Å². The average Bonchev–Trinajstić information content (AvgIpc) is 2.76. The van der Waals surface area contributed by atoms with E-state index in [1.807, 2.05) is 0 Å². The number of halogens is 1. The minimum atomic E-state index is -3.45. The van der Waals surface area contributed by atoms with E-state index in [9.17, 15) is 8.42 Å². The van der Waals surface area contributed by atoms with Gasteiger partial charge in [-0.1, -0.05) is 11.6 Å². The molecule has 1 fully saturated rings. The predicted octanol–water partition coefficient (Wildman–Crippen LogP) is 0.750. The zero-order chi connectivity index (χ0) is 12.5. The van der Waals surface area contributed by atoms with E-state index in [1.54, 1.807) is 6.07 Å². The van der Waals surface area contributed by atoms with E-state index in [4.69, 9.17) is 22.1 Å². The minimum absolute atomic E-state index is 0.228. The molecule has 0 amide bonds. The van der Waals surface area contributed by atoms with Gasteiger partial charge in [0.1, 0.15) is 4.21 Å². The Morgan fingerprint density at radius 2 is 2.35 bits per heavy atom. The summed E-state index contributed by atoms with van der Waals surface area (Å²) in [6.07, 6.45) is -0.228. The van der Waals surface area contributed by atoms with Gasteiger partial charge < -0.3 is 10.5 Å². The Kier molecular flexibility index (Phi) is 4.06. The molecule has 1 saturated heterocycles. The van der Waals surface area contributed by atoms with E-state index >= 15 is 0 Å². The standard InChI is InChI=1S/C9H13ClN2O3S2/c10-8-1-2-9(16-8)17(13,14)12-3-4-15-7(5-11)6-12/h1-2,7H,3-6,11H2/t7-/m0/s1. The molecule has 0 radical (unpaired) electrons. The first-order chi connectivity index (χ1) is 8.04. The van der Waals surface area contributed by atoms with Crippen LogP contribution in [-0.4, -0.2) is 45.1 Å². The van der Waals surface area contributed by atoms with Gasteiger partial charge in [-0.05, 0) is 12.1 Å². The smallest absolute Gasteiger partial charge is 0.252 e. The van der Waals surface area contributed by atoms with Crippen molar-refractivity contribution < 1.29 is 13.2 Å². The number of hydrogen-bond acceptors (Lipinski definition) is 5. The summed E-state index contributed by atoms with van der Waals surface area (Å²) in [5.41, 5.74) is 5.49. The van der Waals surface area contributed by atoms with Gasteiger partial charge in [0.2, 0.25) is 0 Å². The molecule has 17 heavy (non-hydrogen) atoms. The molecule has 0 saturated carbocycles. The number of nitrogens with two attached hydrogens (primary N) is 1. The highest BCUT2D eigenvalue weighted by atomic mass is 35.5. The summed E-state index contributed by atoms with van der Waals surface area (Å²) in [6, 6.07) is 3.11. The summed E-state index contributed by atoms with van der Waals surface area (Å²) in [5.74, 6) is 0. The molecule has 1 aromatic heterocycles. The number of sulfonamides is 1. The highest BCUT2D eigenvalue weighted by Gasteiger charge is 2.31. The van der Waals surface area contributed by atoms with E-state index in [1.165, 1.54) is 10.4 Å². The molecule has 0 aliphatic carbocycles. The van der Waals surface area contributed by atoms with E-state index in [0.717, 1.165) is 11.3 Å². The molecular formula is C9H13ClN2O3S2. The number of morpholine rings is 1. The molecule has 8 heteroatoms. The van der Waals surface area contributed by atoms with Gasteiger partial charge in [-0.2, -0.15) is 4.31 Å². The van der Waals surface area contributed by atoms with Crippen LogP contribution in [0.4, 0.5) is 0 Å². The third-order valence-electron chi connectivity index (χ3n) is 2.51. The van der Waals surface area contributed by atoms with Crippen LogP contribution < -0.4 is 5.73 Å². The number of nitrogens with zero attached hydrogens (tertiary/aromatic N) is 1. The van der Waals surface area contributed by atoms with Gasteiger partial charge in [0.25, 0.3) is 10.0 Å². The lowest BCUT2D eigenvalue weighted by molar-refractivity contribution is 0.00456. The van der Waals surface area contributed by atoms with Gasteiger partial charge in [-0.15, -0.1) is 11.3 Å². The van der Waals surface area contributed by atoms with Crippen LogP contribution >= 0.6 is 22.9 Å². The predicted molar refractivity (Wildman–Crippen MR) is 66.9 cm³/mol. The van der Waals surface area contributed by atoms with E-state index in [0.29, 0.717) is 30.6 Å². The van der Waals surface area contributed by atoms with Gasteiger partial charge in [0, 0.05) is 19.6 Å². The Bertz CT molecular complexity index is 488. The fraction of sp³-hybridized carbons (Fsp3) is 0.556. The van der Waals surface area contributed by atoms with Crippen LogP contribution in [0.2, 0.25) is 4.34 Å². The molecule has 0 aromatic carbocycles. The van der Waals surface area contributed by atoms with Crippen molar-refractivity contribution in [2.24, 2.45) is 5.73 Å². The second-order valence-electron chi connectivity index (χ2n) is 3.65. The van der Waals surface area contributed by atoms with Crippen molar-refractivity contribution in [1.82, 2.24) is 4.31 Å². The monoisotopic (exact) mass is 296 g/mol. The Labute approximate surface area is 109 Å². The normalized spacial score (nSPS) is 22.8. The van der Waals surface area contributed by atoms with Gasteiger partial charge in [-0.3, -0.25) is 0 Å². The molecule has 1 atom stereocenters. The fourth-order valence-corrected chi connectivity index (χ4v) is 4.71. The summed E-state index contributed by atoms with van der Waals surface area (Å²) in [6.45, 7) is 1.35. The molecular weight excluding hydrogens is 284 g/mol. The molecule has 0 bridgehead atoms. The highest BCUT2D eigenvalue weighted by molar-refractivity contribution is 7.91. The van der Waals surface area contributed by atoms with Crippen molar-refractivity contribution in [2.75, 3.05) is 26.2 Å². The third-order valence-corrected chi connectivity index (χ3v) is 6.07. The van der Waals surface area contributed by atoms with Gasteiger partial charge >= 0.3 is 0 Å². The Morgan fingerprint density at radius 1 is 1.59 bits per heavy atom. The largest absolute Gasteiger partial charge is 0.374 e. The molecule has 2 heterocycles. The zero-order valence-corrected chi connectivity index (χ0v) is 11.4. The quantitative estimate of drug-likeness (QED) is 0.893. The second kappa shape index (κ2) is 5.21. The SMILES string of the molecule is NC[C@H]1CN(S(=O)(=O)c2ccc(Cl)s2)CCO1. The number of hydrogen-bond donors (Lipinski definition) is 1. The lowest BCUT2D eigenvalue weighted by Gasteiger charge is -2.31. The van der Waals surface area contributed by atoms with Gasteiger partial charge in [-0.25, -0.2) is 8.42 Å². The molecule has 5 nitrogen and oxygen atoms in total. The zero-order valence-electron chi connectivity index (χ0n) is 9.00. The number of thiophene rings is 1. The van der Waals surface area contributed by atoms with Crippen LogP contribution in [0.15, 0.2) is 16.3 Å². The van der Waals surface area contributed by atoms with Crippen molar-refractivity contribution in [2.45, 2.75) is 10.3 Å². The van der Waals surface area contributed by atoms with Gasteiger partial charge in [0.05, 0.1) is 17.0 Å². The van der Waals surface area contributed by atoms with Crippen LogP contribution in [-0.2, 0) is 14.8 Å². The van der Waals surface area contributed by atoms with Crippen molar-refractivity contribution in [3.8, 4) is 0 Å². The van der Waals surface area contributed by atoms with Crippen LogP contribution in [0.3, 0.4) is 0 Å². The maximum atomic E-state index is 12.2. The molecule has 2 rings (SSSR count). The Hall–Kier alpha value is -0.180. The van der Waals surface area contributed by atoms with E-state index < -0.39 is 10.0 Å². The summed E-state index contributed by atoms with van der Waals surface area (Å²) < 4.78 is 32.0. The van der Waals surface area contributed by atoms with Crippen LogP contribution in [0.5, 0.6) is 0 Å². The van der Waals surface area contributed by atoms with Crippen molar-refractivity contribution in [3.63, 3.8) is 0 Å². The lowest BCUT2D eigenvalue weighted by atomic mass is 10.3. The summed E-state index contributed by atoms with van der Waals surface area (Å²) in [4.78, 5) is 0. The molecule has 2 N–H and O–H groups in total. The van der Waals surface area contributed by atoms with E-state index in [-0.39, 0.29) is 10.3 Å². The maximum absolute atomic E-state index is 12.2. The Balaban J connectivity index is 2.21. The van der Waals surface area contributed by atoms with Crippen LogP contribution in [0.1, 0.15) is 0 Å². The molecule has 0 spiro atoms. The highest BCUT2D eigenvalue weighted by Crippen LogP contribution is 2.28. The first-order valence-corrected chi connectivity index (χ1v) is 7.74. The number of ether oxygens (including phenoxy) is 1. The molecule has 1 aromatic rings. The van der Waals surface area contributed by atoms with Crippen molar-refractivity contribution >= 4 is 33.0 Å². The fourth-order valence-electron chi connectivity index (χ4n) is 1.62. The summed E-state index contributed by atoms with van der Waals surface area (Å²) in [7, 11) is -3.45. The lowest BCUT2D eigenvalue weighted by Crippen LogP contribution is -2.47. The molecule has 1 aliphatic rings. The summed E-state index contributed by atoms with van der Waals surface area (Å²) >= 11 is 6.81. The summed E-state index contributed by atoms with van der Waals surface area (Å²) in [5, 5.41) is 0.